The van der Waals surface area contributed by atoms with Gasteiger partial charge in [0.15, 0.2) is 0 Å². The number of rotatable bonds is 8. The predicted molar refractivity (Wildman–Crippen MR) is 339 cm³/mol. The second-order valence-electron chi connectivity index (χ2n) is 27.3. The van der Waals surface area contributed by atoms with Crippen LogP contribution < -0.4 is 14.5 Å². The van der Waals surface area contributed by atoms with Gasteiger partial charge in [-0.25, -0.2) is 4.98 Å². The summed E-state index contributed by atoms with van der Waals surface area (Å²) in [6, 6.07) is 67.6. The Morgan fingerprint density at radius 2 is 0.988 bits per heavy atom. The molecule has 0 saturated heterocycles. The van der Waals surface area contributed by atoms with E-state index in [1.165, 1.54) is 38.9 Å². The van der Waals surface area contributed by atoms with Gasteiger partial charge >= 0.3 is 0 Å². The number of pyridine rings is 1. The topological polar surface area (TPSA) is 33.5 Å². The first-order valence-corrected chi connectivity index (χ1v) is 28.4. The Labute approximate surface area is 497 Å². The van der Waals surface area contributed by atoms with Crippen LogP contribution in [0, 0.1) is 25.7 Å². The third-order valence-corrected chi connectivity index (χ3v) is 16.1. The molecule has 81 heavy (non-hydrogen) atoms. The van der Waals surface area contributed by atoms with E-state index in [4.69, 9.17) is 9.72 Å². The number of aryl methyl sites for hydroxylation is 1. The van der Waals surface area contributed by atoms with Gasteiger partial charge in [0, 0.05) is 66.9 Å². The number of ether oxygens (including phenoxy) is 1. The van der Waals surface area contributed by atoms with Gasteiger partial charge in [0.2, 0.25) is 0 Å². The first-order valence-electron chi connectivity index (χ1n) is 28.4. The molecule has 0 aliphatic carbocycles. The zero-order valence-corrected chi connectivity index (χ0v) is 52.5. The van der Waals surface area contributed by atoms with Crippen LogP contribution >= 0.6 is 0 Å². The maximum absolute atomic E-state index is 6.86. The second kappa shape index (κ2) is 21.0. The summed E-state index contributed by atoms with van der Waals surface area (Å²) in [6.45, 7) is 38.5. The van der Waals surface area contributed by atoms with Crippen molar-refractivity contribution in [2.24, 2.45) is 0 Å². The minimum Gasteiger partial charge on any atom is -0.509 e. The maximum Gasteiger partial charge on any atom is 0.135 e. The Morgan fingerprint density at radius 3 is 1.58 bits per heavy atom. The van der Waals surface area contributed by atoms with E-state index < -0.39 is 0 Å². The van der Waals surface area contributed by atoms with Gasteiger partial charge in [0.25, 0.3) is 0 Å². The Hall–Kier alpha value is -7.20. The molecule has 0 N–H and O–H groups in total. The molecule has 0 unspecified atom stereocenters. The van der Waals surface area contributed by atoms with Gasteiger partial charge in [0.05, 0.1) is 0 Å². The Morgan fingerprint density at radius 1 is 0.432 bits per heavy atom. The molecule has 0 fully saturated rings. The smallest absolute Gasteiger partial charge is 0.135 e. The molecule has 11 rings (SSSR count). The number of nitrogens with zero attached hydrogens (tertiary/aromatic N) is 4. The fourth-order valence-electron chi connectivity index (χ4n) is 11.0. The first kappa shape index (κ1) is 57.0. The Kier molecular flexibility index (Phi) is 14.8. The van der Waals surface area contributed by atoms with Crippen molar-refractivity contribution in [3.63, 3.8) is 0 Å². The van der Waals surface area contributed by atoms with Crippen LogP contribution in [-0.2, 0) is 48.1 Å². The minimum absolute atomic E-state index is 0. The Balaban J connectivity index is 0.00000736. The summed E-state index contributed by atoms with van der Waals surface area (Å²) in [5, 5.41) is 2.19. The fraction of sp³-hybridized carbons (Fsp3) is 0.280. The molecule has 6 heteroatoms. The average Bonchev–Trinajstić information content (AvgIpc) is 4.20. The summed E-state index contributed by atoms with van der Waals surface area (Å²) in [4.78, 5) is 9.83. The molecule has 1 aliphatic heterocycles. The minimum atomic E-state index is -0.0518. The summed E-state index contributed by atoms with van der Waals surface area (Å²) in [6.07, 6.45) is 2.03. The monoisotopic (exact) mass is 1240 g/mol. The van der Waals surface area contributed by atoms with Crippen LogP contribution in [0.5, 0.6) is 11.5 Å². The van der Waals surface area contributed by atoms with Crippen molar-refractivity contribution in [3.8, 4) is 50.7 Å². The first-order chi connectivity index (χ1) is 37.7. The van der Waals surface area contributed by atoms with Gasteiger partial charge in [-0.05, 0) is 137 Å². The number of hydrogen-bond donors (Lipinski definition) is 0. The van der Waals surface area contributed by atoms with Gasteiger partial charge in [-0.15, -0.1) is 48.1 Å². The summed E-state index contributed by atoms with van der Waals surface area (Å²) >= 11 is 0. The van der Waals surface area contributed by atoms with Gasteiger partial charge in [-0.1, -0.05) is 206 Å². The van der Waals surface area contributed by atoms with Crippen molar-refractivity contribution in [2.45, 2.75) is 138 Å². The van der Waals surface area contributed by atoms with Crippen LogP contribution in [0.2, 0.25) is 0 Å². The molecule has 8 aromatic carbocycles. The third kappa shape index (κ3) is 11.4. The van der Waals surface area contributed by atoms with Crippen molar-refractivity contribution in [2.75, 3.05) is 9.80 Å². The van der Waals surface area contributed by atoms with E-state index in [-0.39, 0.29) is 48.1 Å². The summed E-state index contributed by atoms with van der Waals surface area (Å²) < 4.78 is 9.10. The predicted octanol–water partition coefficient (Wildman–Crippen LogP) is 20.8. The molecule has 416 valence electrons. The van der Waals surface area contributed by atoms with Gasteiger partial charge in [0.1, 0.15) is 5.82 Å². The van der Waals surface area contributed by atoms with Crippen molar-refractivity contribution < 1.29 is 25.8 Å². The van der Waals surface area contributed by atoms with Crippen LogP contribution in [0.25, 0.3) is 61.0 Å². The van der Waals surface area contributed by atoms with Crippen LogP contribution in [0.4, 0.5) is 22.7 Å². The number of benzene rings is 8. The molecule has 0 radical (unpaired) electrons. The average molecular weight is 1250 g/mol. The molecular weight excluding hydrogens is 1170 g/mol. The quantitative estimate of drug-likeness (QED) is 0.142. The number of hydrogen-bond acceptors (Lipinski definition) is 4. The van der Waals surface area contributed by atoms with Crippen LogP contribution in [-0.4, -0.2) is 9.55 Å². The van der Waals surface area contributed by atoms with E-state index in [0.717, 1.165) is 78.2 Å². The molecule has 0 amide bonds. The van der Waals surface area contributed by atoms with Gasteiger partial charge in [-0.3, -0.25) is 0 Å². The molecule has 0 saturated carbocycles. The molecule has 10 aromatic rings. The molecular formula is C75H77N4OPt-3. The molecule has 5 nitrogen and oxygen atoms in total. The van der Waals surface area contributed by atoms with E-state index >= 15 is 0 Å². The van der Waals surface area contributed by atoms with Crippen LogP contribution in [0.3, 0.4) is 0 Å². The SMILES string of the molecule is Cc1cc(-n2c3[c-]c(Oc4[c-]c(N5[CH-]N(c6cc(C(C)(C)C)cc(C(C)(C)C)c6)c6cc(-c7ccc(C(C)(C)C)cc7)ccc65)ccc4)ccc3c3cc(-c4ccc(C(C)(C)C)cc4)ccc32)ncc1-c1cccc(C(C)(C)C)c1.[Pt]. The molecule has 0 bridgehead atoms. The fourth-order valence-corrected chi connectivity index (χ4v) is 11.0. The normalized spacial score (nSPS) is 13.2. The van der Waals surface area contributed by atoms with Gasteiger partial charge < -0.3 is 19.1 Å². The second-order valence-corrected chi connectivity index (χ2v) is 27.3. The molecule has 0 atom stereocenters. The third-order valence-electron chi connectivity index (χ3n) is 16.1. The standard InChI is InChI=1S/C75H77N4O.Pt/c1-48-37-70(76-46-65(48)53-19-17-20-56(38-53)73(8,9)10)79-66-35-27-51(49-23-29-54(30-24-49)71(2,3)4)39-64(66)63-34-33-62(45-68(63)79)80-61-22-18-21-59(44-61)77-47-78(60-42-57(74(11,12)13)41-58(43-60)75(14,15)16)69-40-52(28-36-67(69)77)50-25-31-55(32-26-50)72(5,6)7;/h17-43,46-47H,1-16H3;/q-3;. The van der Waals surface area contributed by atoms with E-state index in [1.807, 2.05) is 18.3 Å². The molecule has 1 aliphatic rings. The summed E-state index contributed by atoms with van der Waals surface area (Å²) in [5.74, 6) is 2.00. The summed E-state index contributed by atoms with van der Waals surface area (Å²) in [5.41, 5.74) is 20.8. The van der Waals surface area contributed by atoms with Crippen molar-refractivity contribution >= 4 is 44.6 Å². The Bertz CT molecular complexity index is 3950. The van der Waals surface area contributed by atoms with Crippen LogP contribution in [0.15, 0.2) is 170 Å². The van der Waals surface area contributed by atoms with Crippen LogP contribution in [0.1, 0.15) is 137 Å². The largest absolute Gasteiger partial charge is 0.509 e. The van der Waals surface area contributed by atoms with Crippen molar-refractivity contribution in [3.05, 3.63) is 222 Å². The van der Waals surface area contributed by atoms with Crippen molar-refractivity contribution in [1.29, 1.82) is 0 Å². The molecule has 3 heterocycles. The molecule has 0 spiro atoms. The summed E-state index contributed by atoms with van der Waals surface area (Å²) in [7, 11) is 0. The molecule has 2 aromatic heterocycles. The van der Waals surface area contributed by atoms with Gasteiger partial charge in [-0.2, -0.15) is 12.1 Å². The zero-order valence-electron chi connectivity index (χ0n) is 50.3. The van der Waals surface area contributed by atoms with E-state index in [0.29, 0.717) is 11.5 Å². The van der Waals surface area contributed by atoms with E-state index in [1.54, 1.807) is 0 Å². The number of fused-ring (bicyclic) bond motifs is 4. The zero-order chi connectivity index (χ0) is 56.8. The van der Waals surface area contributed by atoms with Crippen molar-refractivity contribution in [1.82, 2.24) is 9.55 Å². The number of anilines is 4. The number of aromatic nitrogens is 2. The van der Waals surface area contributed by atoms with E-state index in [9.17, 15) is 0 Å². The maximum atomic E-state index is 6.86. The van der Waals surface area contributed by atoms with E-state index in [2.05, 4.69) is 296 Å².